The van der Waals surface area contributed by atoms with E-state index in [2.05, 4.69) is 22.0 Å². The second kappa shape index (κ2) is 9.71. The molecule has 1 aliphatic heterocycles. The molecule has 0 saturated carbocycles. The number of nitrogens with zero attached hydrogens (tertiary/aromatic N) is 3. The van der Waals surface area contributed by atoms with E-state index in [0.717, 1.165) is 60.5 Å². The Morgan fingerprint density at radius 3 is 2.94 bits per heavy atom. The number of fused-ring (bicyclic) bond motifs is 1. The van der Waals surface area contributed by atoms with E-state index >= 15 is 0 Å². The van der Waals surface area contributed by atoms with Gasteiger partial charge >= 0.3 is 6.03 Å². The van der Waals surface area contributed by atoms with Gasteiger partial charge in [0.2, 0.25) is 0 Å². The number of nitrogens with one attached hydrogen (secondary N) is 1. The summed E-state index contributed by atoms with van der Waals surface area (Å²) in [5.74, 6) is 1.27. The molecule has 4 rings (SSSR count). The molecule has 0 aliphatic carbocycles. The Bertz CT molecular complexity index is 1060. The fourth-order valence-electron chi connectivity index (χ4n) is 4.25. The molecule has 6 nitrogen and oxygen atoms in total. The zero-order chi connectivity index (χ0) is 21.8. The topological polar surface area (TPSA) is 59.4 Å². The largest absolute Gasteiger partial charge is 0.385 e. The van der Waals surface area contributed by atoms with Crippen molar-refractivity contribution in [2.24, 2.45) is 0 Å². The zero-order valence-electron chi connectivity index (χ0n) is 18.1. The van der Waals surface area contributed by atoms with E-state index in [9.17, 15) is 4.79 Å². The Labute approximate surface area is 188 Å². The number of hydrogen-bond donors (Lipinski definition) is 1. The minimum Gasteiger partial charge on any atom is -0.385 e. The minimum atomic E-state index is -0.0911. The second-order valence-electron chi connectivity index (χ2n) is 8.14. The predicted molar refractivity (Wildman–Crippen MR) is 125 cm³/mol. The number of anilines is 1. The third-order valence-electron chi connectivity index (χ3n) is 5.91. The minimum absolute atomic E-state index is 0.0911. The number of imidazole rings is 1. The van der Waals surface area contributed by atoms with Crippen molar-refractivity contribution in [3.05, 3.63) is 58.9 Å². The van der Waals surface area contributed by atoms with Gasteiger partial charge in [-0.2, -0.15) is 0 Å². The van der Waals surface area contributed by atoms with E-state index in [-0.39, 0.29) is 11.9 Å². The quantitative estimate of drug-likeness (QED) is 0.519. The Hall–Kier alpha value is -2.57. The van der Waals surface area contributed by atoms with Gasteiger partial charge in [-0.1, -0.05) is 29.8 Å². The molecule has 7 heteroatoms. The lowest BCUT2D eigenvalue weighted by molar-refractivity contribution is 0.186. The fraction of sp³-hybridized carbons (Fsp3) is 0.417. The van der Waals surface area contributed by atoms with Gasteiger partial charge in [-0.3, -0.25) is 0 Å². The highest BCUT2D eigenvalue weighted by molar-refractivity contribution is 6.31. The van der Waals surface area contributed by atoms with E-state index in [1.54, 1.807) is 13.2 Å². The Kier molecular flexibility index (Phi) is 6.78. The van der Waals surface area contributed by atoms with Gasteiger partial charge in [0.25, 0.3) is 0 Å². The Balaban J connectivity index is 1.52. The van der Waals surface area contributed by atoms with Crippen LogP contribution in [0.15, 0.2) is 42.5 Å². The van der Waals surface area contributed by atoms with Gasteiger partial charge < -0.3 is 19.5 Å². The molecule has 1 aromatic heterocycles. The van der Waals surface area contributed by atoms with Crippen molar-refractivity contribution in [1.29, 1.82) is 0 Å². The number of amides is 2. The zero-order valence-corrected chi connectivity index (χ0v) is 18.9. The standard InChI is InChI=1S/C24H29ClN4O2/c1-17-10-11-19(15-20(17)25)26-24(30)28-12-5-7-18(16-28)23-27-21-8-3-4-9-22(21)29(23)13-6-14-31-2/h3-4,8-11,15,18H,5-7,12-14,16H2,1-2H3,(H,26,30). The molecule has 1 saturated heterocycles. The lowest BCUT2D eigenvalue weighted by Crippen LogP contribution is -2.42. The lowest BCUT2D eigenvalue weighted by Gasteiger charge is -2.32. The molecule has 1 atom stereocenters. The van der Waals surface area contributed by atoms with E-state index < -0.39 is 0 Å². The SMILES string of the molecule is COCCCn1c(C2CCCN(C(=O)Nc3ccc(C)c(Cl)c3)C2)nc2ccccc21. The number of halogens is 1. The van der Waals surface area contributed by atoms with Crippen LogP contribution in [-0.4, -0.2) is 47.3 Å². The number of hydrogen-bond acceptors (Lipinski definition) is 3. The molecule has 1 fully saturated rings. The first-order valence-electron chi connectivity index (χ1n) is 10.8. The number of para-hydroxylation sites is 2. The first kappa shape index (κ1) is 21.7. The normalized spacial score (nSPS) is 16.6. The number of carbonyl (C=O) groups excluding carboxylic acids is 1. The molecule has 2 aromatic carbocycles. The van der Waals surface area contributed by atoms with Gasteiger partial charge in [-0.25, -0.2) is 9.78 Å². The summed E-state index contributed by atoms with van der Waals surface area (Å²) in [4.78, 5) is 19.8. The number of benzene rings is 2. The van der Waals surface area contributed by atoms with Crippen molar-refractivity contribution >= 4 is 34.4 Å². The van der Waals surface area contributed by atoms with Crippen LogP contribution >= 0.6 is 11.6 Å². The van der Waals surface area contributed by atoms with Crippen LogP contribution in [0.1, 0.15) is 36.6 Å². The number of aryl methyl sites for hydroxylation is 2. The van der Waals surface area contributed by atoms with Crippen molar-refractivity contribution in [2.75, 3.05) is 32.1 Å². The van der Waals surface area contributed by atoms with Gasteiger partial charge in [0.15, 0.2) is 0 Å². The third-order valence-corrected chi connectivity index (χ3v) is 6.32. The second-order valence-corrected chi connectivity index (χ2v) is 8.54. The van der Waals surface area contributed by atoms with Gasteiger partial charge in [-0.05, 0) is 56.0 Å². The molecule has 1 N–H and O–H groups in total. The highest BCUT2D eigenvalue weighted by atomic mass is 35.5. The summed E-state index contributed by atoms with van der Waals surface area (Å²) < 4.78 is 7.56. The fourth-order valence-corrected chi connectivity index (χ4v) is 4.43. The van der Waals surface area contributed by atoms with Crippen LogP contribution in [0.2, 0.25) is 5.02 Å². The summed E-state index contributed by atoms with van der Waals surface area (Å²) in [5, 5.41) is 3.65. The van der Waals surface area contributed by atoms with Gasteiger partial charge in [0.05, 0.1) is 11.0 Å². The summed E-state index contributed by atoms with van der Waals surface area (Å²) in [7, 11) is 1.73. The smallest absolute Gasteiger partial charge is 0.321 e. The van der Waals surface area contributed by atoms with Crippen LogP contribution in [0.4, 0.5) is 10.5 Å². The number of carbonyl (C=O) groups is 1. The molecule has 164 valence electrons. The van der Waals surface area contributed by atoms with Crippen molar-refractivity contribution in [3.8, 4) is 0 Å². The van der Waals surface area contributed by atoms with Crippen LogP contribution in [0.25, 0.3) is 11.0 Å². The molecular weight excluding hydrogens is 412 g/mol. The molecule has 0 bridgehead atoms. The van der Waals surface area contributed by atoms with Gasteiger partial charge in [-0.15, -0.1) is 0 Å². The first-order chi connectivity index (χ1) is 15.1. The Morgan fingerprint density at radius 2 is 2.13 bits per heavy atom. The number of likely N-dealkylation sites (tertiary alicyclic amines) is 1. The average molecular weight is 441 g/mol. The van der Waals surface area contributed by atoms with E-state index in [4.69, 9.17) is 21.3 Å². The van der Waals surface area contributed by atoms with E-state index in [1.165, 1.54) is 0 Å². The summed E-state index contributed by atoms with van der Waals surface area (Å²) in [6.45, 7) is 4.91. The van der Waals surface area contributed by atoms with Crippen LogP contribution < -0.4 is 5.32 Å². The number of aromatic nitrogens is 2. The van der Waals surface area contributed by atoms with Crippen molar-refractivity contribution in [3.63, 3.8) is 0 Å². The molecular formula is C24H29ClN4O2. The van der Waals surface area contributed by atoms with Crippen molar-refractivity contribution in [1.82, 2.24) is 14.5 Å². The summed E-state index contributed by atoms with van der Waals surface area (Å²) in [6, 6.07) is 13.7. The highest BCUT2D eigenvalue weighted by Gasteiger charge is 2.28. The number of urea groups is 1. The van der Waals surface area contributed by atoms with Crippen LogP contribution in [0, 0.1) is 6.92 Å². The molecule has 3 aromatic rings. The first-order valence-corrected chi connectivity index (χ1v) is 11.2. The monoisotopic (exact) mass is 440 g/mol. The number of ether oxygens (including phenoxy) is 1. The summed E-state index contributed by atoms with van der Waals surface area (Å²) in [5.41, 5.74) is 3.86. The van der Waals surface area contributed by atoms with Crippen LogP contribution in [0.5, 0.6) is 0 Å². The third kappa shape index (κ3) is 4.86. The molecule has 0 spiro atoms. The average Bonchev–Trinajstić information content (AvgIpc) is 3.15. The molecule has 2 heterocycles. The van der Waals surface area contributed by atoms with Crippen LogP contribution in [-0.2, 0) is 11.3 Å². The van der Waals surface area contributed by atoms with Crippen molar-refractivity contribution < 1.29 is 9.53 Å². The number of piperidine rings is 1. The number of rotatable bonds is 6. The molecule has 2 amide bonds. The summed E-state index contributed by atoms with van der Waals surface area (Å²) >= 11 is 6.21. The number of methoxy groups -OCH3 is 1. The highest BCUT2D eigenvalue weighted by Crippen LogP contribution is 2.30. The Morgan fingerprint density at radius 1 is 1.29 bits per heavy atom. The van der Waals surface area contributed by atoms with Crippen molar-refractivity contribution in [2.45, 2.75) is 38.6 Å². The maximum Gasteiger partial charge on any atom is 0.321 e. The molecule has 31 heavy (non-hydrogen) atoms. The maximum atomic E-state index is 12.9. The summed E-state index contributed by atoms with van der Waals surface area (Å²) in [6.07, 6.45) is 2.90. The van der Waals surface area contributed by atoms with Gasteiger partial charge in [0, 0.05) is 50.0 Å². The van der Waals surface area contributed by atoms with Crippen LogP contribution in [0.3, 0.4) is 0 Å². The molecule has 1 aliphatic rings. The van der Waals surface area contributed by atoms with E-state index in [1.807, 2.05) is 36.1 Å². The van der Waals surface area contributed by atoms with E-state index in [0.29, 0.717) is 18.2 Å². The molecule has 0 radical (unpaired) electrons. The maximum absolute atomic E-state index is 12.9. The lowest BCUT2D eigenvalue weighted by atomic mass is 9.97. The predicted octanol–water partition coefficient (Wildman–Crippen LogP) is 5.45. The van der Waals surface area contributed by atoms with Gasteiger partial charge in [0.1, 0.15) is 5.82 Å². The molecule has 1 unspecified atom stereocenters.